The number of carboxylic acid groups (broad SMARTS) is 1. The summed E-state index contributed by atoms with van der Waals surface area (Å²) in [6.45, 7) is 4.52. The molecule has 2 unspecified atom stereocenters. The van der Waals surface area contributed by atoms with Crippen LogP contribution in [0.4, 0.5) is 23.9 Å². The Labute approximate surface area is 136 Å². The van der Waals surface area contributed by atoms with Crippen molar-refractivity contribution in [1.82, 2.24) is 19.4 Å². The molecular formula is C14H17F3N4O3. The third kappa shape index (κ3) is 2.60. The van der Waals surface area contributed by atoms with Crippen molar-refractivity contribution in [3.63, 3.8) is 0 Å². The topological polar surface area (TPSA) is 86.2 Å². The maximum atomic E-state index is 13.0. The Balaban J connectivity index is 2.68. The van der Waals surface area contributed by atoms with Gasteiger partial charge in [-0.1, -0.05) is 0 Å². The molecule has 2 amide bonds. The molecule has 1 saturated heterocycles. The lowest BCUT2D eigenvalue weighted by atomic mass is 10.0. The highest BCUT2D eigenvalue weighted by Crippen LogP contribution is 2.38. The van der Waals surface area contributed by atoms with E-state index >= 15 is 0 Å². The van der Waals surface area contributed by atoms with Gasteiger partial charge in [-0.25, -0.2) is 4.79 Å². The molecule has 0 aliphatic carbocycles. The van der Waals surface area contributed by atoms with E-state index in [1.54, 1.807) is 20.8 Å². The second-order valence-electron chi connectivity index (χ2n) is 6.63. The van der Waals surface area contributed by atoms with Crippen molar-refractivity contribution >= 4 is 17.9 Å². The van der Waals surface area contributed by atoms with Crippen LogP contribution in [0.3, 0.4) is 0 Å². The number of aromatic nitrogens is 2. The van der Waals surface area contributed by atoms with Gasteiger partial charge in [-0.05, 0) is 26.8 Å². The highest BCUT2D eigenvalue weighted by Gasteiger charge is 2.61. The molecule has 0 aromatic carbocycles. The second-order valence-corrected chi connectivity index (χ2v) is 6.63. The maximum Gasteiger partial charge on any atom is 0.433 e. The van der Waals surface area contributed by atoms with Crippen molar-refractivity contribution in [3.05, 3.63) is 18.0 Å². The number of carbonyl (C=O) groups excluding carboxylic acids is 2. The van der Waals surface area contributed by atoms with Crippen LogP contribution >= 0.6 is 0 Å². The molecule has 0 radical (unpaired) electrons. The lowest BCUT2D eigenvalue weighted by molar-refractivity contribution is -0.309. The Kier molecular flexibility index (Phi) is 4.08. The Morgan fingerprint density at radius 1 is 1.38 bits per heavy atom. The first-order valence-electron chi connectivity index (χ1n) is 7.09. The van der Waals surface area contributed by atoms with Crippen LogP contribution in [-0.4, -0.2) is 52.0 Å². The van der Waals surface area contributed by atoms with Gasteiger partial charge in [0.2, 0.25) is 0 Å². The normalized spacial score (nSPS) is 25.2. The van der Waals surface area contributed by atoms with Crippen molar-refractivity contribution in [2.24, 2.45) is 0 Å². The minimum absolute atomic E-state index is 0.317. The Morgan fingerprint density at radius 3 is 2.38 bits per heavy atom. The van der Waals surface area contributed by atoms with Gasteiger partial charge in [0.1, 0.15) is 18.1 Å². The monoisotopic (exact) mass is 346 g/mol. The standard InChI is InChI=1S/C14H17F3N4O3/c1-13(2,3)21(7-8(10(22)23)20(4)12(21)24)11-18-6-5-9(19-11)14(15,16)17/h5-6,8H,7H2,1-4H3. The van der Waals surface area contributed by atoms with Crippen LogP contribution in [0.1, 0.15) is 26.5 Å². The molecule has 7 nitrogen and oxygen atoms in total. The average Bonchev–Trinajstić information content (AvgIpc) is 2.72. The molecule has 1 aromatic heterocycles. The van der Waals surface area contributed by atoms with E-state index in [1.807, 2.05) is 0 Å². The number of rotatable bonds is 2. The Bertz CT molecular complexity index is 687. The number of halogens is 3. The van der Waals surface area contributed by atoms with Crippen LogP contribution < -0.4 is 9.59 Å². The molecule has 10 heteroatoms. The minimum atomic E-state index is -4.71. The summed E-state index contributed by atoms with van der Waals surface area (Å²) in [6.07, 6.45) is -3.79. The van der Waals surface area contributed by atoms with Crippen LogP contribution in [0.25, 0.3) is 0 Å². The van der Waals surface area contributed by atoms with Crippen LogP contribution in [0.2, 0.25) is 0 Å². The van der Waals surface area contributed by atoms with Gasteiger partial charge in [-0.2, -0.15) is 27.6 Å². The third-order valence-electron chi connectivity index (χ3n) is 4.23. The summed E-state index contributed by atoms with van der Waals surface area (Å²) in [4.78, 5) is 32.4. The van der Waals surface area contributed by atoms with Gasteiger partial charge in [0.05, 0.1) is 5.97 Å². The molecule has 0 bridgehead atoms. The van der Waals surface area contributed by atoms with Crippen LogP contribution in [0, 0.1) is 0 Å². The Morgan fingerprint density at radius 2 is 1.96 bits per heavy atom. The number of hydrogen-bond donors (Lipinski definition) is 0. The SMILES string of the molecule is CN1C(=O)[N+](c2nccc(C(F)(F)F)n2)(C(C)(C)C)CC1C(=O)[O-]. The molecule has 0 N–H and O–H groups in total. The van der Waals surface area contributed by atoms with E-state index in [0.29, 0.717) is 6.07 Å². The second kappa shape index (κ2) is 5.40. The quantitative estimate of drug-likeness (QED) is 0.739. The third-order valence-corrected chi connectivity index (χ3v) is 4.23. The molecule has 1 aromatic rings. The summed E-state index contributed by atoms with van der Waals surface area (Å²) in [6, 6.07) is -1.28. The number of amides is 2. The van der Waals surface area contributed by atoms with Crippen molar-refractivity contribution in [2.75, 3.05) is 13.6 Å². The van der Waals surface area contributed by atoms with Gasteiger partial charge >= 0.3 is 18.2 Å². The zero-order chi connectivity index (χ0) is 18.5. The van der Waals surface area contributed by atoms with E-state index < -0.39 is 45.9 Å². The Hall–Kier alpha value is -2.23. The minimum Gasteiger partial charge on any atom is -0.548 e. The van der Waals surface area contributed by atoms with E-state index in [4.69, 9.17) is 0 Å². The van der Waals surface area contributed by atoms with Crippen molar-refractivity contribution < 1.29 is 27.9 Å². The summed E-state index contributed by atoms with van der Waals surface area (Å²) in [5.74, 6) is -1.87. The summed E-state index contributed by atoms with van der Waals surface area (Å²) < 4.78 is 38.1. The smallest absolute Gasteiger partial charge is 0.433 e. The number of carboxylic acids is 1. The lowest BCUT2D eigenvalue weighted by Crippen LogP contribution is -2.64. The van der Waals surface area contributed by atoms with E-state index in [2.05, 4.69) is 9.97 Å². The molecule has 1 aliphatic rings. The fourth-order valence-corrected chi connectivity index (χ4v) is 2.81. The van der Waals surface area contributed by atoms with Gasteiger partial charge in [-0.3, -0.25) is 4.90 Å². The first-order chi connectivity index (χ1) is 10.8. The van der Waals surface area contributed by atoms with Crippen molar-refractivity contribution in [1.29, 1.82) is 0 Å². The van der Waals surface area contributed by atoms with Gasteiger partial charge < -0.3 is 9.90 Å². The number of quaternary nitrogens is 1. The van der Waals surface area contributed by atoms with Crippen molar-refractivity contribution in [2.45, 2.75) is 38.5 Å². The maximum absolute atomic E-state index is 13.0. The van der Waals surface area contributed by atoms with Gasteiger partial charge in [0.25, 0.3) is 0 Å². The molecule has 0 spiro atoms. The zero-order valence-corrected chi connectivity index (χ0v) is 13.6. The first-order valence-corrected chi connectivity index (χ1v) is 7.09. The number of carbonyl (C=O) groups is 2. The highest BCUT2D eigenvalue weighted by atomic mass is 19.4. The van der Waals surface area contributed by atoms with Gasteiger partial charge in [0, 0.05) is 13.2 Å². The number of aliphatic carboxylic acids is 1. The molecular weight excluding hydrogens is 329 g/mol. The molecule has 132 valence electrons. The van der Waals surface area contributed by atoms with E-state index in [9.17, 15) is 27.9 Å². The van der Waals surface area contributed by atoms with E-state index in [1.165, 1.54) is 7.05 Å². The van der Waals surface area contributed by atoms with Crippen LogP contribution in [0.5, 0.6) is 0 Å². The largest absolute Gasteiger partial charge is 0.548 e. The molecule has 2 heterocycles. The molecule has 2 atom stereocenters. The van der Waals surface area contributed by atoms with Crippen molar-refractivity contribution in [3.8, 4) is 0 Å². The number of alkyl halides is 3. The predicted octanol–water partition coefficient (Wildman–Crippen LogP) is 0.785. The summed E-state index contributed by atoms with van der Waals surface area (Å²) >= 11 is 0. The number of hydrogen-bond acceptors (Lipinski definition) is 5. The molecule has 24 heavy (non-hydrogen) atoms. The molecule has 1 aliphatic heterocycles. The van der Waals surface area contributed by atoms with Gasteiger partial charge in [0.15, 0.2) is 5.69 Å². The van der Waals surface area contributed by atoms with Gasteiger partial charge in [-0.15, -0.1) is 0 Å². The molecule has 2 rings (SSSR count). The number of likely N-dealkylation sites (N-methyl/N-ethyl adjacent to an activating group) is 1. The number of urea groups is 1. The van der Waals surface area contributed by atoms with E-state index in [-0.39, 0.29) is 6.54 Å². The number of nitrogens with zero attached hydrogens (tertiary/aromatic N) is 4. The average molecular weight is 346 g/mol. The predicted molar refractivity (Wildman–Crippen MR) is 75.4 cm³/mol. The summed E-state index contributed by atoms with van der Waals surface area (Å²) in [5, 5.41) is 11.3. The fourth-order valence-electron chi connectivity index (χ4n) is 2.81. The molecule has 0 saturated carbocycles. The fraction of sp³-hybridized carbons (Fsp3) is 0.571. The highest BCUT2D eigenvalue weighted by molar-refractivity contribution is 5.94. The first kappa shape index (κ1) is 18.1. The summed E-state index contributed by atoms with van der Waals surface area (Å²) in [7, 11) is 1.27. The van der Waals surface area contributed by atoms with Crippen LogP contribution in [-0.2, 0) is 11.0 Å². The zero-order valence-electron chi connectivity index (χ0n) is 13.6. The van der Waals surface area contributed by atoms with Crippen LogP contribution in [0.15, 0.2) is 12.3 Å². The van der Waals surface area contributed by atoms with E-state index in [0.717, 1.165) is 11.1 Å². The summed E-state index contributed by atoms with van der Waals surface area (Å²) in [5.41, 5.74) is -2.17. The lowest BCUT2D eigenvalue weighted by Gasteiger charge is -2.39. The molecule has 1 fully saturated rings.